The number of hydrogen-bond acceptors (Lipinski definition) is 4. The number of unbranched alkanes of at least 4 members (excludes halogenated alkanes) is 3. The lowest BCUT2D eigenvalue weighted by Gasteiger charge is -2.03. The van der Waals surface area contributed by atoms with Crippen molar-refractivity contribution in [1.29, 1.82) is 0 Å². The van der Waals surface area contributed by atoms with Gasteiger partial charge < -0.3 is 10.4 Å². The lowest BCUT2D eigenvalue weighted by molar-refractivity contribution is 0.194. The molecule has 136 valence electrons. The van der Waals surface area contributed by atoms with E-state index in [1.165, 1.54) is 0 Å². The highest BCUT2D eigenvalue weighted by Crippen LogP contribution is 2.20. The molecule has 0 unspecified atom stereocenters. The van der Waals surface area contributed by atoms with Gasteiger partial charge >= 0.3 is 6.09 Å². The summed E-state index contributed by atoms with van der Waals surface area (Å²) in [5, 5.41) is 15.3. The van der Waals surface area contributed by atoms with Crippen LogP contribution in [0.2, 0.25) is 0 Å². The molecule has 0 fully saturated rings. The number of aromatic nitrogens is 4. The molecule has 2 heterocycles. The van der Waals surface area contributed by atoms with Crippen LogP contribution in [0.3, 0.4) is 0 Å². The molecule has 2 aromatic heterocycles. The maximum atomic E-state index is 10.4. The van der Waals surface area contributed by atoms with Crippen molar-refractivity contribution < 1.29 is 9.90 Å². The zero-order valence-electron chi connectivity index (χ0n) is 14.9. The number of benzene rings is 1. The number of carbonyl (C=O) groups is 1. The highest BCUT2D eigenvalue weighted by molar-refractivity contribution is 5.79. The van der Waals surface area contributed by atoms with Gasteiger partial charge in [0.05, 0.1) is 29.1 Å². The van der Waals surface area contributed by atoms with Crippen LogP contribution >= 0.6 is 0 Å². The summed E-state index contributed by atoms with van der Waals surface area (Å²) < 4.78 is 1.93. The summed E-state index contributed by atoms with van der Waals surface area (Å²) in [4.78, 5) is 19.6. The SMILES string of the molecule is Cc1cccc2ncc(-c3cnn(CCCCCCNC(=O)O)c3)nc12. The fraction of sp³-hybridized carbons (Fsp3) is 0.368. The lowest BCUT2D eigenvalue weighted by Crippen LogP contribution is -2.21. The second-order valence-electron chi connectivity index (χ2n) is 6.34. The molecule has 0 radical (unpaired) electrons. The standard InChI is InChI=1S/C19H23N5O2/c1-14-7-6-8-16-18(14)23-17(12-21-16)15-11-22-24(13-15)10-5-3-2-4-9-20-19(25)26/h6-8,11-13,20H,2-5,9-10H2,1H3,(H,25,26). The summed E-state index contributed by atoms with van der Waals surface area (Å²) in [6.45, 7) is 3.39. The number of aryl methyl sites for hydroxylation is 2. The zero-order chi connectivity index (χ0) is 18.4. The Kier molecular flexibility index (Phi) is 5.78. The smallest absolute Gasteiger partial charge is 0.404 e. The minimum Gasteiger partial charge on any atom is -0.465 e. The third-order valence-corrected chi connectivity index (χ3v) is 4.29. The first kappa shape index (κ1) is 17.8. The molecular formula is C19H23N5O2. The third-order valence-electron chi connectivity index (χ3n) is 4.29. The number of para-hydroxylation sites is 1. The molecule has 0 aliphatic rings. The van der Waals surface area contributed by atoms with Gasteiger partial charge in [-0.05, 0) is 31.4 Å². The highest BCUT2D eigenvalue weighted by atomic mass is 16.4. The maximum Gasteiger partial charge on any atom is 0.404 e. The fourth-order valence-electron chi connectivity index (χ4n) is 2.88. The van der Waals surface area contributed by atoms with Crippen molar-refractivity contribution in [2.75, 3.05) is 6.54 Å². The molecule has 1 aromatic carbocycles. The third kappa shape index (κ3) is 4.56. The van der Waals surface area contributed by atoms with Crippen LogP contribution in [0.5, 0.6) is 0 Å². The number of nitrogens with one attached hydrogen (secondary N) is 1. The molecule has 7 heteroatoms. The summed E-state index contributed by atoms with van der Waals surface area (Å²) in [6.07, 6.45) is 8.58. The van der Waals surface area contributed by atoms with E-state index < -0.39 is 6.09 Å². The molecule has 0 bridgehead atoms. The van der Waals surface area contributed by atoms with E-state index in [0.717, 1.165) is 60.1 Å². The van der Waals surface area contributed by atoms with Crippen LogP contribution in [-0.4, -0.2) is 37.5 Å². The van der Waals surface area contributed by atoms with Crippen molar-refractivity contribution in [3.8, 4) is 11.3 Å². The van der Waals surface area contributed by atoms with Crippen molar-refractivity contribution in [3.63, 3.8) is 0 Å². The molecule has 0 aliphatic heterocycles. The van der Waals surface area contributed by atoms with Crippen molar-refractivity contribution >= 4 is 17.1 Å². The van der Waals surface area contributed by atoms with Gasteiger partial charge in [-0.2, -0.15) is 5.10 Å². The molecule has 0 atom stereocenters. The average molecular weight is 353 g/mol. The lowest BCUT2D eigenvalue weighted by atomic mass is 10.2. The second-order valence-corrected chi connectivity index (χ2v) is 6.34. The van der Waals surface area contributed by atoms with Crippen LogP contribution in [0.15, 0.2) is 36.8 Å². The van der Waals surface area contributed by atoms with Gasteiger partial charge in [-0.3, -0.25) is 9.67 Å². The summed E-state index contributed by atoms with van der Waals surface area (Å²) >= 11 is 0. The maximum absolute atomic E-state index is 10.4. The van der Waals surface area contributed by atoms with Gasteiger partial charge in [0.25, 0.3) is 0 Å². The molecular weight excluding hydrogens is 330 g/mol. The molecule has 1 amide bonds. The molecule has 0 saturated carbocycles. The minimum atomic E-state index is -0.957. The average Bonchev–Trinajstić information content (AvgIpc) is 3.10. The van der Waals surface area contributed by atoms with Gasteiger partial charge in [0.15, 0.2) is 0 Å². The molecule has 3 aromatic rings. The Hall–Kier alpha value is -2.96. The van der Waals surface area contributed by atoms with E-state index in [0.29, 0.717) is 6.54 Å². The topological polar surface area (TPSA) is 92.9 Å². The Labute approximate surface area is 152 Å². The predicted octanol–water partition coefficient (Wildman–Crippen LogP) is 3.63. The van der Waals surface area contributed by atoms with E-state index in [2.05, 4.69) is 15.4 Å². The fourth-order valence-corrected chi connectivity index (χ4v) is 2.88. The number of amides is 1. The molecule has 3 rings (SSSR count). The van der Waals surface area contributed by atoms with E-state index >= 15 is 0 Å². The number of fused-ring (bicyclic) bond motifs is 1. The van der Waals surface area contributed by atoms with Gasteiger partial charge in [-0.1, -0.05) is 25.0 Å². The highest BCUT2D eigenvalue weighted by Gasteiger charge is 2.07. The normalized spacial score (nSPS) is 11.0. The van der Waals surface area contributed by atoms with E-state index in [1.54, 1.807) is 6.20 Å². The Bertz CT molecular complexity index is 891. The van der Waals surface area contributed by atoms with E-state index in [4.69, 9.17) is 10.1 Å². The van der Waals surface area contributed by atoms with Crippen LogP contribution in [0.25, 0.3) is 22.3 Å². The van der Waals surface area contributed by atoms with Gasteiger partial charge in [0.2, 0.25) is 0 Å². The Balaban J connectivity index is 1.53. The molecule has 7 nitrogen and oxygen atoms in total. The second kappa shape index (κ2) is 8.42. The van der Waals surface area contributed by atoms with Gasteiger partial charge in [0.1, 0.15) is 0 Å². The van der Waals surface area contributed by atoms with Gasteiger partial charge in [-0.15, -0.1) is 0 Å². The largest absolute Gasteiger partial charge is 0.465 e. The van der Waals surface area contributed by atoms with E-state index in [9.17, 15) is 4.79 Å². The van der Waals surface area contributed by atoms with Crippen molar-refractivity contribution in [3.05, 3.63) is 42.4 Å². The predicted molar refractivity (Wildman–Crippen MR) is 100.0 cm³/mol. The first-order chi connectivity index (χ1) is 12.6. The van der Waals surface area contributed by atoms with Crippen LogP contribution in [0, 0.1) is 6.92 Å². The summed E-state index contributed by atoms with van der Waals surface area (Å²) in [6, 6.07) is 5.99. The van der Waals surface area contributed by atoms with Crippen LogP contribution in [0.1, 0.15) is 31.2 Å². The number of nitrogens with zero attached hydrogens (tertiary/aromatic N) is 4. The number of rotatable bonds is 8. The van der Waals surface area contributed by atoms with Crippen molar-refractivity contribution in [2.45, 2.75) is 39.2 Å². The molecule has 0 saturated heterocycles. The molecule has 26 heavy (non-hydrogen) atoms. The van der Waals surface area contributed by atoms with Gasteiger partial charge in [-0.25, -0.2) is 9.78 Å². The molecule has 2 N–H and O–H groups in total. The van der Waals surface area contributed by atoms with E-state index in [-0.39, 0.29) is 0 Å². The van der Waals surface area contributed by atoms with Crippen molar-refractivity contribution in [1.82, 2.24) is 25.1 Å². The number of hydrogen-bond donors (Lipinski definition) is 2. The van der Waals surface area contributed by atoms with Crippen LogP contribution in [-0.2, 0) is 6.54 Å². The van der Waals surface area contributed by atoms with Crippen LogP contribution in [0.4, 0.5) is 4.79 Å². The quantitative estimate of drug-likeness (QED) is 0.603. The summed E-state index contributed by atoms with van der Waals surface area (Å²) in [5.74, 6) is 0. The molecule has 0 aliphatic carbocycles. The Morgan fingerprint density at radius 2 is 2.04 bits per heavy atom. The Morgan fingerprint density at radius 1 is 1.19 bits per heavy atom. The summed E-state index contributed by atoms with van der Waals surface area (Å²) in [5.41, 5.74) is 4.74. The minimum absolute atomic E-state index is 0.515. The zero-order valence-corrected chi connectivity index (χ0v) is 14.9. The Morgan fingerprint density at radius 3 is 2.88 bits per heavy atom. The first-order valence-corrected chi connectivity index (χ1v) is 8.85. The van der Waals surface area contributed by atoms with E-state index in [1.807, 2.05) is 42.2 Å². The molecule has 0 spiro atoms. The first-order valence-electron chi connectivity index (χ1n) is 8.85. The number of carboxylic acid groups (broad SMARTS) is 1. The van der Waals surface area contributed by atoms with Crippen molar-refractivity contribution in [2.24, 2.45) is 0 Å². The van der Waals surface area contributed by atoms with Crippen LogP contribution < -0.4 is 5.32 Å². The monoisotopic (exact) mass is 353 g/mol. The van der Waals surface area contributed by atoms with Gasteiger partial charge in [0, 0.05) is 24.8 Å². The summed E-state index contributed by atoms with van der Waals surface area (Å²) in [7, 11) is 0.